The van der Waals surface area contributed by atoms with Gasteiger partial charge in [-0.25, -0.2) is 0 Å². The Balaban J connectivity index is 1.29. The Kier molecular flexibility index (Phi) is 7.62. The van der Waals surface area contributed by atoms with Crippen LogP contribution in [0.1, 0.15) is 46.4 Å². The van der Waals surface area contributed by atoms with Crippen LogP contribution >= 0.6 is 11.6 Å². The summed E-state index contributed by atoms with van der Waals surface area (Å²) in [6.45, 7) is 2.43. The number of piperazine rings is 1. The quantitative estimate of drug-likeness (QED) is 0.680. The van der Waals surface area contributed by atoms with Crippen LogP contribution in [0, 0.1) is 0 Å². The number of amides is 3. The molecule has 1 saturated heterocycles. The van der Waals surface area contributed by atoms with Gasteiger partial charge in [0, 0.05) is 32.2 Å². The average Bonchev–Trinajstić information content (AvgIpc) is 3.33. The smallest absolute Gasteiger partial charge is 0.255 e. The minimum absolute atomic E-state index is 0.0908. The third kappa shape index (κ3) is 5.92. The van der Waals surface area contributed by atoms with Crippen LogP contribution in [0.25, 0.3) is 0 Å². The van der Waals surface area contributed by atoms with Gasteiger partial charge in [-0.3, -0.25) is 19.3 Å². The molecule has 8 heteroatoms. The summed E-state index contributed by atoms with van der Waals surface area (Å²) in [4.78, 5) is 41.9. The largest absolute Gasteiger partial charge is 0.349 e. The molecule has 0 spiro atoms. The molecule has 174 valence electrons. The molecule has 1 saturated carbocycles. The van der Waals surface area contributed by atoms with Gasteiger partial charge in [-0.05, 0) is 37.1 Å². The number of halogens is 1. The van der Waals surface area contributed by atoms with Crippen molar-refractivity contribution in [3.63, 3.8) is 0 Å². The molecule has 2 aliphatic rings. The highest BCUT2D eigenvalue weighted by Crippen LogP contribution is 2.21. The monoisotopic (exact) mass is 468 g/mol. The molecule has 1 aliphatic carbocycles. The van der Waals surface area contributed by atoms with Gasteiger partial charge in [0.05, 0.1) is 28.4 Å². The molecule has 0 unspecified atom stereocenters. The molecule has 1 aliphatic heterocycles. The van der Waals surface area contributed by atoms with Crippen molar-refractivity contribution in [1.82, 2.24) is 15.1 Å². The first-order chi connectivity index (χ1) is 16.0. The van der Waals surface area contributed by atoms with Crippen molar-refractivity contribution >= 4 is 35.0 Å². The number of hydrogen-bond donors (Lipinski definition) is 2. The number of benzene rings is 2. The van der Waals surface area contributed by atoms with Gasteiger partial charge in [-0.1, -0.05) is 48.7 Å². The summed E-state index contributed by atoms with van der Waals surface area (Å²) in [6, 6.07) is 14.3. The van der Waals surface area contributed by atoms with E-state index < -0.39 is 0 Å². The summed E-state index contributed by atoms with van der Waals surface area (Å²) in [7, 11) is 0. The molecule has 4 rings (SSSR count). The highest BCUT2D eigenvalue weighted by Gasteiger charge is 2.25. The summed E-state index contributed by atoms with van der Waals surface area (Å²) >= 11 is 6.16. The maximum atomic E-state index is 12.7. The fourth-order valence-electron chi connectivity index (χ4n) is 4.43. The van der Waals surface area contributed by atoms with Crippen LogP contribution in [0.3, 0.4) is 0 Å². The van der Waals surface area contributed by atoms with Gasteiger partial charge < -0.3 is 15.5 Å². The lowest BCUT2D eigenvalue weighted by Crippen LogP contribution is -2.50. The standard InChI is InChI=1S/C25H29ClN4O3/c26-21-11-5-3-9-19(21)25(33)30-15-13-29(14-16-30)17-23(31)28-22-12-6-4-10-20(22)24(32)27-18-7-1-2-8-18/h3-6,9-12,18H,1-2,7-8,13-17H2,(H,27,32)(H,28,31). The van der Waals surface area contributed by atoms with Crippen molar-refractivity contribution < 1.29 is 14.4 Å². The molecular weight excluding hydrogens is 440 g/mol. The lowest BCUT2D eigenvalue weighted by atomic mass is 10.1. The minimum Gasteiger partial charge on any atom is -0.349 e. The van der Waals surface area contributed by atoms with Crippen molar-refractivity contribution in [3.05, 3.63) is 64.7 Å². The zero-order chi connectivity index (χ0) is 23.2. The van der Waals surface area contributed by atoms with Gasteiger partial charge in [0.1, 0.15) is 0 Å². The van der Waals surface area contributed by atoms with E-state index in [1.54, 1.807) is 53.4 Å². The normalized spacial score (nSPS) is 17.1. The SMILES string of the molecule is O=C(CN1CCN(C(=O)c2ccccc2Cl)CC1)Nc1ccccc1C(=O)NC1CCCC1. The van der Waals surface area contributed by atoms with Gasteiger partial charge in [0.2, 0.25) is 5.91 Å². The van der Waals surface area contributed by atoms with E-state index in [1.807, 2.05) is 4.90 Å². The summed E-state index contributed by atoms with van der Waals surface area (Å²) < 4.78 is 0. The molecule has 0 bridgehead atoms. The third-order valence-electron chi connectivity index (χ3n) is 6.27. The van der Waals surface area contributed by atoms with Gasteiger partial charge in [0.15, 0.2) is 0 Å². The number of hydrogen-bond acceptors (Lipinski definition) is 4. The van der Waals surface area contributed by atoms with E-state index in [9.17, 15) is 14.4 Å². The molecule has 0 aromatic heterocycles. The Bertz CT molecular complexity index is 1010. The predicted octanol–water partition coefficient (Wildman–Crippen LogP) is 3.41. The molecule has 0 radical (unpaired) electrons. The van der Waals surface area contributed by atoms with Gasteiger partial charge in [-0.15, -0.1) is 0 Å². The van der Waals surface area contributed by atoms with E-state index in [2.05, 4.69) is 10.6 Å². The van der Waals surface area contributed by atoms with Crippen LogP contribution in [0.4, 0.5) is 5.69 Å². The number of anilines is 1. The van der Waals surface area contributed by atoms with Crippen LogP contribution < -0.4 is 10.6 Å². The van der Waals surface area contributed by atoms with Crippen molar-refractivity contribution in [2.45, 2.75) is 31.7 Å². The van der Waals surface area contributed by atoms with E-state index in [1.165, 1.54) is 0 Å². The summed E-state index contributed by atoms with van der Waals surface area (Å²) in [5.74, 6) is -0.418. The van der Waals surface area contributed by atoms with Gasteiger partial charge >= 0.3 is 0 Å². The third-order valence-corrected chi connectivity index (χ3v) is 6.60. The second-order valence-corrected chi connectivity index (χ2v) is 9.00. The molecule has 1 heterocycles. The van der Waals surface area contributed by atoms with E-state index >= 15 is 0 Å². The maximum Gasteiger partial charge on any atom is 0.255 e. The van der Waals surface area contributed by atoms with Gasteiger partial charge in [0.25, 0.3) is 11.8 Å². The molecular formula is C25H29ClN4O3. The second kappa shape index (κ2) is 10.8. The molecule has 33 heavy (non-hydrogen) atoms. The minimum atomic E-state index is -0.179. The molecule has 2 fully saturated rings. The Morgan fingerprint density at radius 1 is 0.879 bits per heavy atom. The zero-order valence-electron chi connectivity index (χ0n) is 18.6. The summed E-state index contributed by atoms with van der Waals surface area (Å²) in [6.07, 6.45) is 4.29. The Morgan fingerprint density at radius 3 is 2.21 bits per heavy atom. The first-order valence-electron chi connectivity index (χ1n) is 11.5. The number of nitrogens with one attached hydrogen (secondary N) is 2. The molecule has 2 aromatic carbocycles. The van der Waals surface area contributed by atoms with Crippen LogP contribution in [-0.4, -0.2) is 66.3 Å². The van der Waals surface area contributed by atoms with E-state index in [0.29, 0.717) is 48.0 Å². The zero-order valence-corrected chi connectivity index (χ0v) is 19.3. The predicted molar refractivity (Wildman–Crippen MR) is 129 cm³/mol. The number of carbonyl (C=O) groups is 3. The van der Waals surface area contributed by atoms with E-state index in [-0.39, 0.29) is 30.3 Å². The van der Waals surface area contributed by atoms with E-state index in [0.717, 1.165) is 25.7 Å². The lowest BCUT2D eigenvalue weighted by molar-refractivity contribution is -0.117. The topological polar surface area (TPSA) is 81.8 Å². The van der Waals surface area contributed by atoms with Crippen molar-refractivity contribution in [2.24, 2.45) is 0 Å². The maximum absolute atomic E-state index is 12.7. The molecule has 2 N–H and O–H groups in total. The number of rotatable bonds is 6. The Labute approximate surface area is 199 Å². The molecule has 3 amide bonds. The summed E-state index contributed by atoms with van der Waals surface area (Å²) in [5.41, 5.74) is 1.50. The van der Waals surface area contributed by atoms with Crippen LogP contribution in [0.15, 0.2) is 48.5 Å². The second-order valence-electron chi connectivity index (χ2n) is 8.60. The van der Waals surface area contributed by atoms with Crippen molar-refractivity contribution in [1.29, 1.82) is 0 Å². The fourth-order valence-corrected chi connectivity index (χ4v) is 4.65. The fraction of sp³-hybridized carbons (Fsp3) is 0.400. The van der Waals surface area contributed by atoms with Crippen molar-refractivity contribution in [3.8, 4) is 0 Å². The Morgan fingerprint density at radius 2 is 1.52 bits per heavy atom. The highest BCUT2D eigenvalue weighted by molar-refractivity contribution is 6.33. The number of para-hydroxylation sites is 1. The first-order valence-corrected chi connectivity index (χ1v) is 11.8. The summed E-state index contributed by atoms with van der Waals surface area (Å²) in [5, 5.41) is 6.41. The lowest BCUT2D eigenvalue weighted by Gasteiger charge is -2.34. The van der Waals surface area contributed by atoms with Crippen molar-refractivity contribution in [2.75, 3.05) is 38.0 Å². The number of carbonyl (C=O) groups excluding carboxylic acids is 3. The first kappa shape index (κ1) is 23.3. The van der Waals surface area contributed by atoms with Gasteiger partial charge in [-0.2, -0.15) is 0 Å². The van der Waals surface area contributed by atoms with Crippen LogP contribution in [0.2, 0.25) is 5.02 Å². The molecule has 0 atom stereocenters. The van der Waals surface area contributed by atoms with Crippen LogP contribution in [-0.2, 0) is 4.79 Å². The van der Waals surface area contributed by atoms with Crippen LogP contribution in [0.5, 0.6) is 0 Å². The number of nitrogens with zero attached hydrogens (tertiary/aromatic N) is 2. The van der Waals surface area contributed by atoms with E-state index in [4.69, 9.17) is 11.6 Å². The molecule has 2 aromatic rings. The molecule has 7 nitrogen and oxygen atoms in total. The average molecular weight is 469 g/mol. The highest BCUT2D eigenvalue weighted by atomic mass is 35.5. The Hall–Kier alpha value is -2.90.